The summed E-state index contributed by atoms with van der Waals surface area (Å²) in [4.78, 5) is 8.36. The van der Waals surface area contributed by atoms with E-state index in [0.717, 1.165) is 0 Å². The van der Waals surface area contributed by atoms with Gasteiger partial charge in [-0.2, -0.15) is 0 Å². The fourth-order valence-electron chi connectivity index (χ4n) is 5.48. The van der Waals surface area contributed by atoms with Crippen molar-refractivity contribution in [2.24, 2.45) is 5.41 Å². The Morgan fingerprint density at radius 3 is 1.18 bits per heavy atom. The maximum absolute atomic E-state index is 6.53. The van der Waals surface area contributed by atoms with Gasteiger partial charge in [-0.25, -0.2) is 0 Å². The average Bonchev–Trinajstić information content (AvgIpc) is 2.75. The van der Waals surface area contributed by atoms with E-state index in [9.17, 15) is 0 Å². The Bertz CT molecular complexity index is 360. The van der Waals surface area contributed by atoms with Crippen molar-refractivity contribution in [3.05, 3.63) is 0 Å². The average molecular weight is 486 g/mol. The Morgan fingerprint density at radius 2 is 0.909 bits per heavy atom. The van der Waals surface area contributed by atoms with Crippen LogP contribution in [0.15, 0.2) is 0 Å². The van der Waals surface area contributed by atoms with E-state index in [1.54, 1.807) is 0 Å². The molecule has 0 amide bonds. The van der Waals surface area contributed by atoms with Crippen LogP contribution in [0.3, 0.4) is 0 Å². The highest BCUT2D eigenvalue weighted by molar-refractivity contribution is 6.27. The van der Waals surface area contributed by atoms with Gasteiger partial charge in [0.05, 0.1) is 0 Å². The second-order valence-electron chi connectivity index (χ2n) is 10.5. The van der Waals surface area contributed by atoms with Gasteiger partial charge in [0.15, 0.2) is 9.76 Å². The van der Waals surface area contributed by atoms with E-state index >= 15 is 0 Å². The summed E-state index contributed by atoms with van der Waals surface area (Å²) < 4.78 is 6.53. The van der Waals surface area contributed by atoms with Crippen molar-refractivity contribution < 1.29 is 4.43 Å². The summed E-state index contributed by atoms with van der Waals surface area (Å²) in [5, 5.41) is 0. The lowest BCUT2D eigenvalue weighted by Crippen LogP contribution is -2.53. The molecule has 0 aromatic carbocycles. The molecule has 0 saturated carbocycles. The fourth-order valence-corrected chi connectivity index (χ4v) is 7.08. The molecule has 0 aromatic heterocycles. The van der Waals surface area contributed by atoms with E-state index in [0.29, 0.717) is 11.5 Å². The predicted octanol–water partition coefficient (Wildman–Crippen LogP) is 6.05. The summed E-state index contributed by atoms with van der Waals surface area (Å²) in [5.74, 6) is 0. The highest BCUT2D eigenvalue weighted by Crippen LogP contribution is 2.29. The number of hydrogen-bond donors (Lipinski definition) is 0. The molecule has 5 heteroatoms. The van der Waals surface area contributed by atoms with Crippen LogP contribution in [-0.2, 0) is 4.43 Å². The SMILES string of the molecule is CCCC(C)O[SiH2]CC(CN(CCC)CCC)(CN(CCC)CCC)CN(CCC)CCC. The van der Waals surface area contributed by atoms with Crippen molar-refractivity contribution in [1.82, 2.24) is 14.7 Å². The summed E-state index contributed by atoms with van der Waals surface area (Å²) in [7, 11) is -0.553. The van der Waals surface area contributed by atoms with E-state index < -0.39 is 9.76 Å². The molecular weight excluding hydrogens is 422 g/mol. The second kappa shape index (κ2) is 21.3. The van der Waals surface area contributed by atoms with E-state index in [4.69, 9.17) is 4.43 Å². The molecule has 0 aliphatic rings. The van der Waals surface area contributed by atoms with Gasteiger partial charge in [-0.1, -0.05) is 54.9 Å². The first kappa shape index (κ1) is 33.1. The molecule has 200 valence electrons. The maximum atomic E-state index is 6.53. The van der Waals surface area contributed by atoms with Crippen LogP contribution in [0.2, 0.25) is 6.04 Å². The Labute approximate surface area is 212 Å². The first-order valence-electron chi connectivity index (χ1n) is 14.7. The van der Waals surface area contributed by atoms with Crippen molar-refractivity contribution in [2.75, 3.05) is 58.9 Å². The van der Waals surface area contributed by atoms with Crippen molar-refractivity contribution >= 4 is 9.76 Å². The topological polar surface area (TPSA) is 19.0 Å². The molecule has 0 bridgehead atoms. The Morgan fingerprint density at radius 1 is 0.576 bits per heavy atom. The Hall–Kier alpha value is 0.0569. The summed E-state index contributed by atoms with van der Waals surface area (Å²) in [5.41, 5.74) is 0.317. The second-order valence-corrected chi connectivity index (χ2v) is 11.8. The largest absolute Gasteiger partial charge is 0.421 e. The molecular formula is C28H63N3OSi. The van der Waals surface area contributed by atoms with Crippen LogP contribution in [0, 0.1) is 5.41 Å². The Balaban J connectivity index is 5.95. The molecule has 0 N–H and O–H groups in total. The molecule has 1 atom stereocenters. The van der Waals surface area contributed by atoms with Crippen molar-refractivity contribution in [3.8, 4) is 0 Å². The zero-order chi connectivity index (χ0) is 25.0. The van der Waals surface area contributed by atoms with Gasteiger partial charge in [0.25, 0.3) is 0 Å². The standard InChI is InChI=1S/C28H63N3OSi/c1-9-16-27(8)32-33-26-28(23-29(17-10-2)18-11-3,24-30(19-12-4)20-13-5)25-31(21-14-6)22-15-7/h27H,9-26,33H2,1-8H3. The molecule has 0 radical (unpaired) electrons. The van der Waals surface area contributed by atoms with Gasteiger partial charge >= 0.3 is 0 Å². The molecule has 0 spiro atoms. The monoisotopic (exact) mass is 485 g/mol. The number of nitrogens with zero attached hydrogens (tertiary/aromatic N) is 3. The molecule has 0 fully saturated rings. The van der Waals surface area contributed by atoms with E-state index in [-0.39, 0.29) is 0 Å². The third-order valence-corrected chi connectivity index (χ3v) is 8.72. The molecule has 0 saturated heterocycles. The summed E-state index contributed by atoms with van der Waals surface area (Å²) in [6.07, 6.45) is 10.4. The molecule has 1 unspecified atom stereocenters. The van der Waals surface area contributed by atoms with Gasteiger partial charge in [-0.3, -0.25) is 0 Å². The van der Waals surface area contributed by atoms with Crippen LogP contribution in [0.5, 0.6) is 0 Å². The maximum Gasteiger partial charge on any atom is 0.162 e. The van der Waals surface area contributed by atoms with Crippen LogP contribution >= 0.6 is 0 Å². The smallest absolute Gasteiger partial charge is 0.162 e. The molecule has 0 rings (SSSR count). The zero-order valence-corrected chi connectivity index (χ0v) is 25.7. The Kier molecular flexibility index (Phi) is 21.4. The highest BCUT2D eigenvalue weighted by Gasteiger charge is 2.36. The minimum Gasteiger partial charge on any atom is -0.421 e. The highest BCUT2D eigenvalue weighted by atomic mass is 28.2. The number of hydrogen-bond acceptors (Lipinski definition) is 4. The third-order valence-electron chi connectivity index (χ3n) is 6.65. The summed E-state index contributed by atoms with van der Waals surface area (Å²) in [6.45, 7) is 29.7. The van der Waals surface area contributed by atoms with Crippen LogP contribution in [-0.4, -0.2) is 89.5 Å². The minimum atomic E-state index is -0.553. The lowest BCUT2D eigenvalue weighted by atomic mass is 9.87. The molecule has 0 aliphatic heterocycles. The van der Waals surface area contributed by atoms with Crippen LogP contribution in [0.1, 0.15) is 107 Å². The lowest BCUT2D eigenvalue weighted by molar-refractivity contribution is 0.0622. The minimum absolute atomic E-state index is 0.317. The van der Waals surface area contributed by atoms with E-state index in [1.807, 2.05) is 0 Å². The lowest BCUT2D eigenvalue weighted by Gasteiger charge is -2.45. The summed E-state index contributed by atoms with van der Waals surface area (Å²) in [6, 6.07) is 1.30. The first-order chi connectivity index (χ1) is 15.9. The van der Waals surface area contributed by atoms with Gasteiger partial charge < -0.3 is 19.1 Å². The molecule has 0 aliphatic carbocycles. The van der Waals surface area contributed by atoms with Crippen LogP contribution in [0.25, 0.3) is 0 Å². The van der Waals surface area contributed by atoms with Crippen molar-refractivity contribution in [2.45, 2.75) is 119 Å². The fraction of sp³-hybridized carbons (Fsp3) is 1.00. The quantitative estimate of drug-likeness (QED) is 0.155. The first-order valence-corrected chi connectivity index (χ1v) is 16.3. The van der Waals surface area contributed by atoms with Crippen molar-refractivity contribution in [1.29, 1.82) is 0 Å². The van der Waals surface area contributed by atoms with Gasteiger partial charge in [-0.05, 0) is 97.2 Å². The normalized spacial score (nSPS) is 13.9. The van der Waals surface area contributed by atoms with Crippen LogP contribution < -0.4 is 0 Å². The van der Waals surface area contributed by atoms with Crippen molar-refractivity contribution in [3.63, 3.8) is 0 Å². The van der Waals surface area contributed by atoms with Gasteiger partial charge in [-0.15, -0.1) is 0 Å². The van der Waals surface area contributed by atoms with Crippen LogP contribution in [0.4, 0.5) is 0 Å². The molecule has 0 aromatic rings. The van der Waals surface area contributed by atoms with E-state index in [1.165, 1.54) is 116 Å². The summed E-state index contributed by atoms with van der Waals surface area (Å²) >= 11 is 0. The molecule has 4 nitrogen and oxygen atoms in total. The van der Waals surface area contributed by atoms with Gasteiger partial charge in [0.1, 0.15) is 0 Å². The molecule has 0 heterocycles. The number of rotatable bonds is 24. The molecule has 33 heavy (non-hydrogen) atoms. The predicted molar refractivity (Wildman–Crippen MR) is 152 cm³/mol. The van der Waals surface area contributed by atoms with Gasteiger partial charge in [0, 0.05) is 31.2 Å². The van der Waals surface area contributed by atoms with E-state index in [2.05, 4.69) is 70.1 Å². The third kappa shape index (κ3) is 15.6. The van der Waals surface area contributed by atoms with Gasteiger partial charge in [0.2, 0.25) is 0 Å². The zero-order valence-electron chi connectivity index (χ0n) is 24.3.